The molecule has 0 aliphatic heterocycles. The average molecular weight is 389 g/mol. The second kappa shape index (κ2) is 11.6. The van der Waals surface area contributed by atoms with E-state index in [9.17, 15) is 9.59 Å². The van der Waals surface area contributed by atoms with Crippen LogP contribution in [-0.2, 0) is 15.3 Å². The molecule has 0 heterocycles. The van der Waals surface area contributed by atoms with Crippen molar-refractivity contribution in [1.29, 1.82) is 0 Å². The third-order valence-electron chi connectivity index (χ3n) is 3.48. The van der Waals surface area contributed by atoms with E-state index in [2.05, 4.69) is 22.8 Å². The molecule has 0 saturated carbocycles. The van der Waals surface area contributed by atoms with E-state index < -0.39 is 0 Å². The highest BCUT2D eigenvalue weighted by molar-refractivity contribution is 8.00. The number of aryl methyl sites for hydroxylation is 1. The van der Waals surface area contributed by atoms with Crippen molar-refractivity contribution in [3.8, 4) is 0 Å². The molecule has 0 unspecified atom stereocenters. The van der Waals surface area contributed by atoms with Crippen LogP contribution < -0.4 is 10.6 Å². The van der Waals surface area contributed by atoms with E-state index in [1.807, 2.05) is 49.4 Å². The van der Waals surface area contributed by atoms with Gasteiger partial charge < -0.3 is 10.6 Å². The van der Waals surface area contributed by atoms with Crippen molar-refractivity contribution in [3.05, 3.63) is 65.7 Å². The van der Waals surface area contributed by atoms with Gasteiger partial charge in [0, 0.05) is 23.7 Å². The maximum Gasteiger partial charge on any atom is 0.234 e. The zero-order valence-corrected chi connectivity index (χ0v) is 16.5. The van der Waals surface area contributed by atoms with E-state index in [0.29, 0.717) is 12.3 Å². The van der Waals surface area contributed by atoms with E-state index in [4.69, 9.17) is 0 Å². The fourth-order valence-corrected chi connectivity index (χ4v) is 3.61. The number of amides is 2. The van der Waals surface area contributed by atoms with Gasteiger partial charge in [0.05, 0.1) is 11.5 Å². The Morgan fingerprint density at radius 3 is 2.31 bits per heavy atom. The summed E-state index contributed by atoms with van der Waals surface area (Å²) in [7, 11) is 0. The highest BCUT2D eigenvalue weighted by Gasteiger charge is 2.06. The van der Waals surface area contributed by atoms with Crippen LogP contribution >= 0.6 is 23.5 Å². The molecule has 6 heteroatoms. The SMILES string of the molecule is Cc1ccc(NC(=O)CSCC(=O)NCCSCc2ccccc2)cc1. The number of benzene rings is 2. The van der Waals surface area contributed by atoms with E-state index >= 15 is 0 Å². The van der Waals surface area contributed by atoms with E-state index in [0.717, 1.165) is 22.8 Å². The van der Waals surface area contributed by atoms with E-state index in [1.165, 1.54) is 17.3 Å². The lowest BCUT2D eigenvalue weighted by molar-refractivity contribution is -0.118. The fourth-order valence-electron chi connectivity index (χ4n) is 2.15. The molecular weight excluding hydrogens is 364 g/mol. The minimum Gasteiger partial charge on any atom is -0.355 e. The van der Waals surface area contributed by atoms with Crippen molar-refractivity contribution >= 4 is 41.0 Å². The number of carbonyl (C=O) groups is 2. The monoisotopic (exact) mass is 388 g/mol. The molecule has 0 bridgehead atoms. The maximum atomic E-state index is 11.8. The molecule has 2 rings (SSSR count). The molecule has 0 radical (unpaired) electrons. The number of anilines is 1. The van der Waals surface area contributed by atoms with Gasteiger partial charge in [0.25, 0.3) is 0 Å². The summed E-state index contributed by atoms with van der Waals surface area (Å²) in [6.07, 6.45) is 0. The standard InChI is InChI=1S/C20H24N2O2S2/c1-16-7-9-18(10-8-16)22-20(24)15-26-14-19(23)21-11-12-25-13-17-5-3-2-4-6-17/h2-10H,11-15H2,1H3,(H,21,23)(H,22,24). The Balaban J connectivity index is 1.50. The predicted octanol–water partition coefficient (Wildman–Crippen LogP) is 3.72. The Bertz CT molecular complexity index is 691. The molecule has 2 aromatic rings. The van der Waals surface area contributed by atoms with Crippen LogP contribution in [0.25, 0.3) is 0 Å². The highest BCUT2D eigenvalue weighted by Crippen LogP contribution is 2.11. The Morgan fingerprint density at radius 1 is 0.885 bits per heavy atom. The van der Waals surface area contributed by atoms with Crippen LogP contribution in [0.5, 0.6) is 0 Å². The summed E-state index contributed by atoms with van der Waals surface area (Å²) in [5.41, 5.74) is 3.22. The van der Waals surface area contributed by atoms with Gasteiger partial charge in [-0.15, -0.1) is 11.8 Å². The van der Waals surface area contributed by atoms with Crippen LogP contribution in [0.3, 0.4) is 0 Å². The summed E-state index contributed by atoms with van der Waals surface area (Å²) in [4.78, 5) is 23.6. The van der Waals surface area contributed by atoms with Crippen LogP contribution in [0, 0.1) is 6.92 Å². The molecule has 138 valence electrons. The number of hydrogen-bond acceptors (Lipinski definition) is 4. The zero-order valence-electron chi connectivity index (χ0n) is 14.9. The Labute approximate surface area is 163 Å². The first kappa shape index (κ1) is 20.4. The largest absolute Gasteiger partial charge is 0.355 e. The molecule has 2 aromatic carbocycles. The summed E-state index contributed by atoms with van der Waals surface area (Å²) < 4.78 is 0. The van der Waals surface area contributed by atoms with Gasteiger partial charge in [0.1, 0.15) is 0 Å². The Kier molecular flexibility index (Phi) is 9.14. The molecule has 0 atom stereocenters. The molecular formula is C20H24N2O2S2. The summed E-state index contributed by atoms with van der Waals surface area (Å²) in [5.74, 6) is 2.27. The van der Waals surface area contributed by atoms with E-state index in [-0.39, 0.29) is 17.6 Å². The minimum atomic E-state index is -0.0925. The third kappa shape index (κ3) is 8.45. The number of thioether (sulfide) groups is 2. The van der Waals surface area contributed by atoms with Crippen LogP contribution in [0.15, 0.2) is 54.6 Å². The van der Waals surface area contributed by atoms with Crippen molar-refractivity contribution in [2.24, 2.45) is 0 Å². The molecule has 0 aliphatic carbocycles. The van der Waals surface area contributed by atoms with Gasteiger partial charge in [-0.1, -0.05) is 48.0 Å². The quantitative estimate of drug-likeness (QED) is 0.609. The normalized spacial score (nSPS) is 10.3. The van der Waals surface area contributed by atoms with Gasteiger partial charge in [0.2, 0.25) is 11.8 Å². The minimum absolute atomic E-state index is 0.0292. The molecule has 0 aromatic heterocycles. The van der Waals surface area contributed by atoms with Gasteiger partial charge in [-0.25, -0.2) is 0 Å². The number of rotatable bonds is 10. The number of hydrogen-bond donors (Lipinski definition) is 2. The molecule has 2 N–H and O–H groups in total. The fraction of sp³-hybridized carbons (Fsp3) is 0.300. The van der Waals surface area contributed by atoms with Crippen LogP contribution in [0.1, 0.15) is 11.1 Å². The molecule has 0 saturated heterocycles. The van der Waals surface area contributed by atoms with Crippen molar-refractivity contribution in [2.45, 2.75) is 12.7 Å². The first-order valence-electron chi connectivity index (χ1n) is 8.46. The smallest absolute Gasteiger partial charge is 0.234 e. The average Bonchev–Trinajstić information content (AvgIpc) is 2.64. The molecule has 0 spiro atoms. The second-order valence-electron chi connectivity index (χ2n) is 5.80. The maximum absolute atomic E-state index is 11.8. The summed E-state index contributed by atoms with van der Waals surface area (Å²) in [6, 6.07) is 17.9. The lowest BCUT2D eigenvalue weighted by atomic mass is 10.2. The van der Waals surface area contributed by atoms with Crippen molar-refractivity contribution in [1.82, 2.24) is 5.32 Å². The van der Waals surface area contributed by atoms with Crippen molar-refractivity contribution < 1.29 is 9.59 Å². The number of carbonyl (C=O) groups excluding carboxylic acids is 2. The molecule has 0 aliphatic rings. The van der Waals surface area contributed by atoms with Crippen LogP contribution in [0.2, 0.25) is 0 Å². The van der Waals surface area contributed by atoms with Gasteiger partial charge in [-0.05, 0) is 24.6 Å². The number of nitrogens with one attached hydrogen (secondary N) is 2. The second-order valence-corrected chi connectivity index (χ2v) is 7.89. The molecule has 26 heavy (non-hydrogen) atoms. The van der Waals surface area contributed by atoms with Crippen molar-refractivity contribution in [3.63, 3.8) is 0 Å². The van der Waals surface area contributed by atoms with Crippen LogP contribution in [-0.4, -0.2) is 35.6 Å². The topological polar surface area (TPSA) is 58.2 Å². The Morgan fingerprint density at radius 2 is 1.58 bits per heavy atom. The first-order valence-corrected chi connectivity index (χ1v) is 10.8. The Hall–Kier alpha value is -1.92. The highest BCUT2D eigenvalue weighted by atomic mass is 32.2. The van der Waals surface area contributed by atoms with Crippen LogP contribution in [0.4, 0.5) is 5.69 Å². The van der Waals surface area contributed by atoms with Gasteiger partial charge in [-0.3, -0.25) is 9.59 Å². The van der Waals surface area contributed by atoms with E-state index in [1.54, 1.807) is 11.8 Å². The third-order valence-corrected chi connectivity index (χ3v) is 5.44. The summed E-state index contributed by atoms with van der Waals surface area (Å²) in [5, 5.41) is 5.71. The van der Waals surface area contributed by atoms with Gasteiger partial charge in [0.15, 0.2) is 0 Å². The molecule has 0 fully saturated rings. The lowest BCUT2D eigenvalue weighted by Gasteiger charge is -2.07. The summed E-state index contributed by atoms with van der Waals surface area (Å²) >= 11 is 3.12. The van der Waals surface area contributed by atoms with Crippen molar-refractivity contribution in [2.75, 3.05) is 29.1 Å². The zero-order chi connectivity index (χ0) is 18.6. The first-order chi connectivity index (χ1) is 12.6. The predicted molar refractivity (Wildman–Crippen MR) is 113 cm³/mol. The van der Waals surface area contributed by atoms with Gasteiger partial charge >= 0.3 is 0 Å². The lowest BCUT2D eigenvalue weighted by Crippen LogP contribution is -2.28. The molecule has 2 amide bonds. The molecule has 4 nitrogen and oxygen atoms in total. The summed E-state index contributed by atoms with van der Waals surface area (Å²) in [6.45, 7) is 2.65. The van der Waals surface area contributed by atoms with Gasteiger partial charge in [-0.2, -0.15) is 11.8 Å².